The molecule has 0 radical (unpaired) electrons. The third-order valence-electron chi connectivity index (χ3n) is 4.23. The maximum Gasteiger partial charge on any atom is 0.329 e. The number of ether oxygens (including phenoxy) is 3. The topological polar surface area (TPSA) is 98.2 Å². The first-order valence-electron chi connectivity index (χ1n) is 10.3. The van der Waals surface area contributed by atoms with Gasteiger partial charge in [-0.25, -0.2) is 5.43 Å². The first-order valence-corrected chi connectivity index (χ1v) is 11.0. The van der Waals surface area contributed by atoms with Crippen molar-refractivity contribution in [3.8, 4) is 11.5 Å². The Hall–Kier alpha value is -2.81. The van der Waals surface area contributed by atoms with Gasteiger partial charge in [0.15, 0.2) is 11.5 Å². The van der Waals surface area contributed by atoms with Gasteiger partial charge in [0, 0.05) is 23.7 Å². The van der Waals surface area contributed by atoms with Gasteiger partial charge in [0.1, 0.15) is 6.61 Å². The molecule has 0 saturated carbocycles. The predicted octanol–water partition coefficient (Wildman–Crippen LogP) is 3.96. The lowest BCUT2D eigenvalue weighted by atomic mass is 10.2. The van der Waals surface area contributed by atoms with E-state index in [9.17, 15) is 9.59 Å². The van der Waals surface area contributed by atoms with Crippen LogP contribution in [-0.4, -0.2) is 44.4 Å². The average molecular weight is 496 g/mol. The Morgan fingerprint density at radius 2 is 1.88 bits per heavy atom. The lowest BCUT2D eigenvalue weighted by molar-refractivity contribution is -0.139. The Labute approximate surface area is 203 Å². The highest BCUT2D eigenvalue weighted by molar-refractivity contribution is 6.35. The van der Waals surface area contributed by atoms with E-state index in [2.05, 4.69) is 15.8 Å². The molecule has 0 aromatic heterocycles. The summed E-state index contributed by atoms with van der Waals surface area (Å²) >= 11 is 12.5. The quantitative estimate of drug-likeness (QED) is 0.212. The van der Waals surface area contributed by atoms with Crippen LogP contribution in [0.15, 0.2) is 41.5 Å². The summed E-state index contributed by atoms with van der Waals surface area (Å²) in [4.78, 5) is 23.6. The van der Waals surface area contributed by atoms with Gasteiger partial charge < -0.3 is 19.5 Å². The van der Waals surface area contributed by atoms with E-state index in [-0.39, 0.29) is 17.7 Å². The summed E-state index contributed by atoms with van der Waals surface area (Å²) in [6.07, 6.45) is 2.06. The lowest BCUT2D eigenvalue weighted by Gasteiger charge is -2.14. The minimum absolute atomic E-state index is 0.119. The molecule has 178 valence electrons. The summed E-state index contributed by atoms with van der Waals surface area (Å²) in [5.41, 5.74) is 3.51. The van der Waals surface area contributed by atoms with E-state index in [1.54, 1.807) is 18.2 Å². The highest BCUT2D eigenvalue weighted by Gasteiger charge is 2.14. The van der Waals surface area contributed by atoms with Crippen LogP contribution in [-0.2, 0) is 20.9 Å². The van der Waals surface area contributed by atoms with Gasteiger partial charge >= 0.3 is 11.8 Å². The van der Waals surface area contributed by atoms with Crippen molar-refractivity contribution >= 4 is 41.2 Å². The fourth-order valence-electron chi connectivity index (χ4n) is 2.61. The van der Waals surface area contributed by atoms with Crippen molar-refractivity contribution in [3.63, 3.8) is 0 Å². The van der Waals surface area contributed by atoms with Crippen molar-refractivity contribution in [2.24, 2.45) is 5.10 Å². The van der Waals surface area contributed by atoms with E-state index in [1.165, 1.54) is 13.3 Å². The maximum atomic E-state index is 11.8. The summed E-state index contributed by atoms with van der Waals surface area (Å²) in [7, 11) is 1.48. The first kappa shape index (κ1) is 26.4. The van der Waals surface area contributed by atoms with E-state index in [0.29, 0.717) is 41.7 Å². The number of rotatable bonds is 11. The molecule has 0 spiro atoms. The molecule has 2 aromatic rings. The molecule has 0 unspecified atom stereocenters. The number of hydrogen-bond donors (Lipinski definition) is 2. The first-order chi connectivity index (χ1) is 15.8. The van der Waals surface area contributed by atoms with Crippen LogP contribution in [0.5, 0.6) is 11.5 Å². The van der Waals surface area contributed by atoms with Gasteiger partial charge in [-0.3, -0.25) is 9.59 Å². The Morgan fingerprint density at radius 3 is 2.58 bits per heavy atom. The molecular weight excluding hydrogens is 469 g/mol. The van der Waals surface area contributed by atoms with Crippen LogP contribution < -0.4 is 20.2 Å². The minimum atomic E-state index is -0.881. The number of carbonyl (C=O) groups is 2. The summed E-state index contributed by atoms with van der Waals surface area (Å²) in [6.45, 7) is 4.88. The molecule has 8 nitrogen and oxygen atoms in total. The molecule has 2 rings (SSSR count). The van der Waals surface area contributed by atoms with E-state index >= 15 is 0 Å². The second-order valence-corrected chi connectivity index (χ2v) is 7.96. The van der Waals surface area contributed by atoms with E-state index in [1.807, 2.05) is 32.0 Å². The van der Waals surface area contributed by atoms with Crippen LogP contribution in [0.1, 0.15) is 31.4 Å². The molecule has 2 N–H and O–H groups in total. The molecule has 0 atom stereocenters. The van der Waals surface area contributed by atoms with Crippen molar-refractivity contribution < 1.29 is 23.8 Å². The van der Waals surface area contributed by atoms with Gasteiger partial charge in [0.25, 0.3) is 0 Å². The number of benzene rings is 2. The van der Waals surface area contributed by atoms with Crippen LogP contribution >= 0.6 is 23.2 Å². The highest BCUT2D eigenvalue weighted by Crippen LogP contribution is 2.37. The summed E-state index contributed by atoms with van der Waals surface area (Å²) in [5.74, 6) is -0.936. The number of amides is 2. The molecule has 0 saturated heterocycles. The predicted molar refractivity (Wildman–Crippen MR) is 128 cm³/mol. The normalized spacial score (nSPS) is 11.0. The lowest BCUT2D eigenvalue weighted by Crippen LogP contribution is -2.38. The summed E-state index contributed by atoms with van der Waals surface area (Å²) in [6, 6.07) is 10.5. The number of nitrogens with one attached hydrogen (secondary N) is 2. The van der Waals surface area contributed by atoms with Gasteiger partial charge in [-0.1, -0.05) is 41.4 Å². The van der Waals surface area contributed by atoms with Crippen molar-refractivity contribution in [3.05, 3.63) is 57.6 Å². The number of carbonyl (C=O) groups excluding carboxylic acids is 2. The minimum Gasteiger partial charge on any atom is -0.493 e. The zero-order valence-electron chi connectivity index (χ0n) is 18.7. The standard InChI is InChI=1S/C23H27Cl2N3O5/c1-15(2)32-10-6-9-26-22(29)23(30)28-27-13-16-11-19(25)21(20(12-16)31-3)33-14-17-7-4-5-8-18(17)24/h4-5,7-8,11-13,15H,6,9-10,14H2,1-3H3,(H,26,29)(H,28,30)/b27-13-. The van der Waals surface area contributed by atoms with E-state index in [0.717, 1.165) is 5.56 Å². The van der Waals surface area contributed by atoms with Crippen molar-refractivity contribution in [2.75, 3.05) is 20.3 Å². The van der Waals surface area contributed by atoms with Crippen LogP contribution in [0.4, 0.5) is 0 Å². The SMILES string of the molecule is COc1cc(/C=N\NC(=O)C(=O)NCCCOC(C)C)cc(Cl)c1OCc1ccccc1Cl. The second kappa shape index (κ2) is 13.7. The number of hydrogen-bond acceptors (Lipinski definition) is 6. The fraction of sp³-hybridized carbons (Fsp3) is 0.348. The van der Waals surface area contributed by atoms with Crippen LogP contribution in [0.3, 0.4) is 0 Å². The molecule has 2 amide bonds. The summed E-state index contributed by atoms with van der Waals surface area (Å²) < 4.78 is 16.5. The molecule has 2 aromatic carbocycles. The molecule has 0 aliphatic heterocycles. The highest BCUT2D eigenvalue weighted by atomic mass is 35.5. The average Bonchev–Trinajstić information content (AvgIpc) is 2.78. The molecule has 0 bridgehead atoms. The molecule has 10 heteroatoms. The van der Waals surface area contributed by atoms with E-state index in [4.69, 9.17) is 37.4 Å². The molecule has 0 fully saturated rings. The van der Waals surface area contributed by atoms with Crippen molar-refractivity contribution in [1.29, 1.82) is 0 Å². The van der Waals surface area contributed by atoms with Gasteiger partial charge in [-0.2, -0.15) is 5.10 Å². The molecule has 0 aliphatic rings. The fourth-order valence-corrected chi connectivity index (χ4v) is 3.07. The number of hydrazone groups is 1. The van der Waals surface area contributed by atoms with Gasteiger partial charge in [-0.05, 0) is 44.0 Å². The zero-order valence-corrected chi connectivity index (χ0v) is 20.2. The number of nitrogens with zero attached hydrogens (tertiary/aromatic N) is 1. The Bertz CT molecular complexity index is 983. The Morgan fingerprint density at radius 1 is 1.12 bits per heavy atom. The van der Waals surface area contributed by atoms with Crippen molar-refractivity contribution in [1.82, 2.24) is 10.7 Å². The smallest absolute Gasteiger partial charge is 0.329 e. The second-order valence-electron chi connectivity index (χ2n) is 7.14. The van der Waals surface area contributed by atoms with E-state index < -0.39 is 11.8 Å². The number of halogens is 2. The molecule has 33 heavy (non-hydrogen) atoms. The monoisotopic (exact) mass is 495 g/mol. The van der Waals surface area contributed by atoms with Gasteiger partial charge in [0.2, 0.25) is 0 Å². The largest absolute Gasteiger partial charge is 0.493 e. The zero-order chi connectivity index (χ0) is 24.2. The van der Waals surface area contributed by atoms with Gasteiger partial charge in [-0.15, -0.1) is 0 Å². The van der Waals surface area contributed by atoms with Crippen LogP contribution in [0, 0.1) is 0 Å². The molecule has 0 heterocycles. The van der Waals surface area contributed by atoms with Gasteiger partial charge in [0.05, 0.1) is 24.5 Å². The maximum absolute atomic E-state index is 11.8. The van der Waals surface area contributed by atoms with Crippen LogP contribution in [0.25, 0.3) is 0 Å². The van der Waals surface area contributed by atoms with Crippen molar-refractivity contribution in [2.45, 2.75) is 33.0 Å². The third-order valence-corrected chi connectivity index (χ3v) is 4.87. The Kier molecular flexibility index (Phi) is 11.0. The summed E-state index contributed by atoms with van der Waals surface area (Å²) in [5, 5.41) is 7.17. The Balaban J connectivity index is 1.91. The molecule has 0 aliphatic carbocycles. The van der Waals surface area contributed by atoms with Crippen LogP contribution in [0.2, 0.25) is 10.0 Å². The third kappa shape index (κ3) is 8.92. The number of methoxy groups -OCH3 is 1. The molecular formula is C23H27Cl2N3O5.